The van der Waals surface area contributed by atoms with E-state index in [-0.39, 0.29) is 17.6 Å². The van der Waals surface area contributed by atoms with E-state index in [0.717, 1.165) is 57.9 Å². The number of H-pyrrole nitrogens is 2. The van der Waals surface area contributed by atoms with Crippen molar-refractivity contribution in [2.24, 2.45) is 0 Å². The molecule has 0 fully saturated rings. The molecule has 0 bridgehead atoms. The van der Waals surface area contributed by atoms with E-state index in [1.54, 1.807) is 12.4 Å². The van der Waals surface area contributed by atoms with Crippen molar-refractivity contribution in [3.05, 3.63) is 143 Å². The number of hydrogen-bond donors (Lipinski definition) is 4. The van der Waals surface area contributed by atoms with Gasteiger partial charge < -0.3 is 10.6 Å². The van der Waals surface area contributed by atoms with Crippen molar-refractivity contribution in [1.29, 1.82) is 0 Å². The topological polar surface area (TPSA) is 98.5 Å². The molecule has 2 heterocycles. The molecule has 268 valence electrons. The fraction of sp³-hybridized carbons (Fsp3) is 0.205. The third-order valence-electron chi connectivity index (χ3n) is 9.05. The molecule has 2 aromatic heterocycles. The number of benzene rings is 4. The van der Waals surface area contributed by atoms with Crippen molar-refractivity contribution in [3.63, 3.8) is 0 Å². The van der Waals surface area contributed by atoms with Crippen molar-refractivity contribution >= 4 is 17.2 Å². The summed E-state index contributed by atoms with van der Waals surface area (Å²) in [6, 6.07) is 24.8. The first-order valence-corrected chi connectivity index (χ1v) is 16.4. The van der Waals surface area contributed by atoms with Crippen LogP contribution < -0.4 is 10.6 Å². The summed E-state index contributed by atoms with van der Waals surface area (Å²) in [6.45, 7) is 4.51. The number of anilines is 2. The Hall–Kier alpha value is -5.85. The smallest absolute Gasteiger partial charge is 0.381 e. The van der Waals surface area contributed by atoms with Crippen LogP contribution in [0, 0.1) is 0 Å². The molecular formula is C39H34F6N6O. The number of nitrogens with one attached hydrogen (secondary N) is 4. The zero-order chi connectivity index (χ0) is 37.0. The summed E-state index contributed by atoms with van der Waals surface area (Å²) in [4.78, 5) is 13.5. The van der Waals surface area contributed by atoms with Gasteiger partial charge >= 0.3 is 12.4 Å². The normalized spacial score (nSPS) is 13.1. The van der Waals surface area contributed by atoms with E-state index in [1.165, 1.54) is 24.3 Å². The van der Waals surface area contributed by atoms with Gasteiger partial charge in [0.1, 0.15) is 5.78 Å². The minimum atomic E-state index is -4.41. The zero-order valence-electron chi connectivity index (χ0n) is 28.0. The molecule has 52 heavy (non-hydrogen) atoms. The lowest BCUT2D eigenvalue weighted by atomic mass is 9.86. The van der Waals surface area contributed by atoms with Gasteiger partial charge in [0.05, 0.1) is 22.5 Å². The number of carbonyl (C=O) groups excluding carboxylic acids is 1. The monoisotopic (exact) mass is 716 g/mol. The average molecular weight is 717 g/mol. The molecular weight excluding hydrogens is 682 g/mol. The standard InChI is InChI=1S/C39H34F6N6O/c1-23(25-7-15-33(16-8-25)46-19-29-21-48-50-35(29)27-3-11-31(12-4-27)38(40,41)42)37(52)24(2)26-9-17-34(18-10-26)47-20-30-22-49-51-36(30)28-5-13-32(14-6-28)39(43,44)45/h3-18,21-24,46-47H,19-20H2,1-2H3,(H,48,50)(H,49,51). The van der Waals surface area contributed by atoms with Crippen LogP contribution in [-0.4, -0.2) is 26.2 Å². The maximum atomic E-state index is 13.5. The lowest BCUT2D eigenvalue weighted by Gasteiger charge is -2.18. The minimum Gasteiger partial charge on any atom is -0.381 e. The summed E-state index contributed by atoms with van der Waals surface area (Å²) >= 11 is 0. The first kappa shape index (κ1) is 36.0. The van der Waals surface area contributed by atoms with Crippen molar-refractivity contribution in [2.45, 2.75) is 51.1 Å². The van der Waals surface area contributed by atoms with Gasteiger partial charge in [-0.05, 0) is 59.7 Å². The number of alkyl halides is 6. The Labute approximate surface area is 295 Å². The zero-order valence-corrected chi connectivity index (χ0v) is 28.0. The molecule has 2 atom stereocenters. The number of nitrogens with zero attached hydrogens (tertiary/aromatic N) is 2. The highest BCUT2D eigenvalue weighted by Crippen LogP contribution is 2.33. The average Bonchev–Trinajstić information content (AvgIpc) is 3.82. The van der Waals surface area contributed by atoms with E-state index >= 15 is 0 Å². The van der Waals surface area contributed by atoms with Crippen LogP contribution in [0.3, 0.4) is 0 Å². The molecule has 6 aromatic rings. The molecule has 0 saturated heterocycles. The van der Waals surface area contributed by atoms with E-state index in [1.807, 2.05) is 62.4 Å². The summed E-state index contributed by atoms with van der Waals surface area (Å²) in [5.41, 5.74) is 5.70. The fourth-order valence-corrected chi connectivity index (χ4v) is 5.91. The summed E-state index contributed by atoms with van der Waals surface area (Å²) in [6.07, 6.45) is -5.43. The number of aromatic amines is 2. The number of ketones is 1. The van der Waals surface area contributed by atoms with Gasteiger partial charge in [-0.2, -0.15) is 36.5 Å². The molecule has 0 saturated carbocycles. The second-order valence-corrected chi connectivity index (χ2v) is 12.5. The summed E-state index contributed by atoms with van der Waals surface area (Å²) in [7, 11) is 0. The van der Waals surface area contributed by atoms with Crippen LogP contribution in [0.5, 0.6) is 0 Å². The molecule has 2 unspecified atom stereocenters. The Balaban J connectivity index is 1.02. The van der Waals surface area contributed by atoms with Gasteiger partial charge in [0.15, 0.2) is 0 Å². The van der Waals surface area contributed by atoms with Gasteiger partial charge in [0, 0.05) is 70.9 Å². The summed E-state index contributed by atoms with van der Waals surface area (Å²) in [5.74, 6) is -0.681. The van der Waals surface area contributed by atoms with E-state index in [9.17, 15) is 31.1 Å². The number of halogens is 6. The number of Topliss-reactive ketones (excluding diaryl/α,β-unsaturated/α-hetero) is 1. The second kappa shape index (κ2) is 14.8. The van der Waals surface area contributed by atoms with Crippen LogP contribution in [0.1, 0.15) is 59.1 Å². The first-order valence-electron chi connectivity index (χ1n) is 16.4. The van der Waals surface area contributed by atoms with Gasteiger partial charge in [-0.25, -0.2) is 0 Å². The highest BCUT2D eigenvalue weighted by Gasteiger charge is 2.31. The van der Waals surface area contributed by atoms with Crippen molar-refractivity contribution in [1.82, 2.24) is 20.4 Å². The number of hydrogen-bond acceptors (Lipinski definition) is 5. The van der Waals surface area contributed by atoms with Gasteiger partial charge in [0.25, 0.3) is 0 Å². The molecule has 4 N–H and O–H groups in total. The van der Waals surface area contributed by atoms with E-state index in [0.29, 0.717) is 35.6 Å². The molecule has 0 aliphatic carbocycles. The van der Waals surface area contributed by atoms with Crippen molar-refractivity contribution in [3.8, 4) is 22.5 Å². The highest BCUT2D eigenvalue weighted by atomic mass is 19.4. The van der Waals surface area contributed by atoms with Gasteiger partial charge in [-0.1, -0.05) is 62.4 Å². The quantitative estimate of drug-likeness (QED) is 0.0946. The first-order chi connectivity index (χ1) is 24.8. The maximum Gasteiger partial charge on any atom is 0.416 e. The van der Waals surface area contributed by atoms with Gasteiger partial charge in [0.2, 0.25) is 0 Å². The molecule has 0 radical (unpaired) electrons. The van der Waals surface area contributed by atoms with Crippen LogP contribution >= 0.6 is 0 Å². The van der Waals surface area contributed by atoms with Crippen molar-refractivity contribution < 1.29 is 31.1 Å². The Morgan fingerprint density at radius 2 is 0.923 bits per heavy atom. The molecule has 0 aliphatic heterocycles. The van der Waals surface area contributed by atoms with Crippen LogP contribution in [0.4, 0.5) is 37.7 Å². The minimum absolute atomic E-state index is 0.0561. The molecule has 6 rings (SSSR count). The van der Waals surface area contributed by atoms with Gasteiger partial charge in [-0.3, -0.25) is 15.0 Å². The maximum absolute atomic E-state index is 13.5. The lowest BCUT2D eigenvalue weighted by Crippen LogP contribution is -2.16. The van der Waals surface area contributed by atoms with Crippen LogP contribution in [0.25, 0.3) is 22.5 Å². The molecule has 0 spiro atoms. The Morgan fingerprint density at radius 3 is 1.25 bits per heavy atom. The Morgan fingerprint density at radius 1 is 0.577 bits per heavy atom. The lowest BCUT2D eigenvalue weighted by molar-refractivity contribution is -0.138. The Bertz CT molecular complexity index is 1950. The predicted molar refractivity (Wildman–Crippen MR) is 187 cm³/mol. The molecule has 0 aliphatic rings. The molecule has 4 aromatic carbocycles. The van der Waals surface area contributed by atoms with Crippen LogP contribution in [0.2, 0.25) is 0 Å². The number of aromatic nitrogens is 4. The highest BCUT2D eigenvalue weighted by molar-refractivity contribution is 5.91. The predicted octanol–water partition coefficient (Wildman–Crippen LogP) is 10.2. The third kappa shape index (κ3) is 8.20. The third-order valence-corrected chi connectivity index (χ3v) is 9.05. The molecule has 7 nitrogen and oxygen atoms in total. The fourth-order valence-electron chi connectivity index (χ4n) is 5.91. The van der Waals surface area contributed by atoms with Crippen molar-refractivity contribution in [2.75, 3.05) is 10.6 Å². The Kier molecular flexibility index (Phi) is 10.2. The SMILES string of the molecule is CC(C(=O)C(C)c1ccc(NCc2c[nH]nc2-c2ccc(C(F)(F)F)cc2)cc1)c1ccc(NCc2c[nH]nc2-c2ccc(C(F)(F)F)cc2)cc1. The summed E-state index contributed by atoms with van der Waals surface area (Å²) in [5, 5.41) is 20.6. The number of rotatable bonds is 12. The van der Waals surface area contributed by atoms with E-state index < -0.39 is 23.5 Å². The number of carbonyl (C=O) groups is 1. The largest absolute Gasteiger partial charge is 0.416 e. The summed E-state index contributed by atoms with van der Waals surface area (Å²) < 4.78 is 77.8. The molecule has 13 heteroatoms. The van der Waals surface area contributed by atoms with E-state index in [4.69, 9.17) is 0 Å². The van der Waals surface area contributed by atoms with E-state index in [2.05, 4.69) is 31.0 Å². The van der Waals surface area contributed by atoms with Gasteiger partial charge in [-0.15, -0.1) is 0 Å². The van der Waals surface area contributed by atoms with Crippen LogP contribution in [-0.2, 0) is 30.2 Å². The van der Waals surface area contributed by atoms with Crippen LogP contribution in [0.15, 0.2) is 109 Å². The second-order valence-electron chi connectivity index (χ2n) is 12.5. The molecule has 0 amide bonds.